The minimum atomic E-state index is -0.207. The van der Waals surface area contributed by atoms with Crippen molar-refractivity contribution in [3.63, 3.8) is 0 Å². The number of allylic oxidation sites excluding steroid dienone is 1. The number of thiazole rings is 1. The van der Waals surface area contributed by atoms with E-state index in [2.05, 4.69) is 55.5 Å². The van der Waals surface area contributed by atoms with Crippen LogP contribution >= 0.6 is 22.7 Å². The average Bonchev–Trinajstić information content (AvgIpc) is 3.10. The van der Waals surface area contributed by atoms with Crippen LogP contribution in [0.15, 0.2) is 11.6 Å². The molecular formula is C19H21N5S2. The number of nitrogens with zero attached hydrogens (tertiary/aromatic N) is 3. The molecule has 0 fully saturated rings. The Balaban J connectivity index is 2.00. The molecule has 2 N–H and O–H groups in total. The monoisotopic (exact) mass is 383 g/mol. The molecule has 0 bridgehead atoms. The number of anilines is 1. The first-order chi connectivity index (χ1) is 12.2. The van der Waals surface area contributed by atoms with Crippen molar-refractivity contribution in [2.45, 2.75) is 52.1 Å². The molecule has 0 spiro atoms. The van der Waals surface area contributed by atoms with E-state index in [0.717, 1.165) is 22.7 Å². The van der Waals surface area contributed by atoms with Crippen LogP contribution in [0.2, 0.25) is 0 Å². The Morgan fingerprint density at radius 3 is 2.65 bits per heavy atom. The van der Waals surface area contributed by atoms with E-state index in [1.807, 2.05) is 12.3 Å². The molecule has 1 aliphatic heterocycles. The van der Waals surface area contributed by atoms with E-state index in [1.165, 1.54) is 16.2 Å². The summed E-state index contributed by atoms with van der Waals surface area (Å²) in [6.45, 7) is 10.5. The summed E-state index contributed by atoms with van der Waals surface area (Å²) < 4.78 is 0. The van der Waals surface area contributed by atoms with Crippen molar-refractivity contribution in [1.82, 2.24) is 10.3 Å². The number of nitriles is 2. The molecule has 134 valence electrons. The lowest BCUT2D eigenvalue weighted by atomic mass is 9.81. The maximum Gasteiger partial charge on any atom is 0.135 e. The summed E-state index contributed by atoms with van der Waals surface area (Å²) in [7, 11) is 0. The maximum atomic E-state index is 9.75. The van der Waals surface area contributed by atoms with Gasteiger partial charge in [0.05, 0.1) is 5.56 Å². The lowest BCUT2D eigenvalue weighted by Crippen LogP contribution is -2.54. The Hall–Kier alpha value is -2.19. The molecule has 0 radical (unpaired) electrons. The second-order valence-electron chi connectivity index (χ2n) is 7.64. The fourth-order valence-electron chi connectivity index (χ4n) is 3.50. The predicted molar refractivity (Wildman–Crippen MR) is 107 cm³/mol. The minimum absolute atomic E-state index is 0.0769. The van der Waals surface area contributed by atoms with Gasteiger partial charge in [-0.2, -0.15) is 10.5 Å². The van der Waals surface area contributed by atoms with Crippen molar-refractivity contribution < 1.29 is 0 Å². The largest absolute Gasteiger partial charge is 0.351 e. The Labute approximate surface area is 162 Å². The normalized spacial score (nSPS) is 17.9. The van der Waals surface area contributed by atoms with Crippen LogP contribution in [-0.2, 0) is 12.0 Å². The van der Waals surface area contributed by atoms with Gasteiger partial charge in [0, 0.05) is 33.2 Å². The van der Waals surface area contributed by atoms with Gasteiger partial charge in [0.2, 0.25) is 0 Å². The first kappa shape index (κ1) is 18.6. The van der Waals surface area contributed by atoms with Crippen LogP contribution in [-0.4, -0.2) is 10.5 Å². The molecule has 7 heteroatoms. The molecule has 2 aromatic heterocycles. The summed E-state index contributed by atoms with van der Waals surface area (Å²) in [4.78, 5) is 5.53. The van der Waals surface area contributed by atoms with Gasteiger partial charge in [-0.05, 0) is 46.6 Å². The van der Waals surface area contributed by atoms with E-state index in [-0.39, 0.29) is 11.1 Å². The molecule has 0 unspecified atom stereocenters. The molecule has 3 rings (SSSR count). The van der Waals surface area contributed by atoms with Crippen LogP contribution in [0.4, 0.5) is 5.00 Å². The summed E-state index contributed by atoms with van der Waals surface area (Å²) in [6.07, 6.45) is 2.45. The summed E-state index contributed by atoms with van der Waals surface area (Å²) in [5.41, 5.74) is 2.86. The third kappa shape index (κ3) is 3.39. The number of nitrogens with one attached hydrogen (secondary N) is 2. The fraction of sp³-hybridized carbons (Fsp3) is 0.421. The molecule has 0 saturated carbocycles. The van der Waals surface area contributed by atoms with Gasteiger partial charge >= 0.3 is 0 Å². The highest BCUT2D eigenvalue weighted by atomic mass is 32.1. The molecule has 2 aromatic rings. The Morgan fingerprint density at radius 2 is 2.08 bits per heavy atom. The number of hydrogen-bond acceptors (Lipinski definition) is 7. The first-order valence-corrected chi connectivity index (χ1v) is 10.0. The zero-order valence-corrected chi connectivity index (χ0v) is 17.2. The van der Waals surface area contributed by atoms with E-state index < -0.39 is 0 Å². The van der Waals surface area contributed by atoms with Crippen LogP contribution in [0.5, 0.6) is 0 Å². The van der Waals surface area contributed by atoms with E-state index in [4.69, 9.17) is 0 Å². The lowest BCUT2D eigenvalue weighted by molar-refractivity contribution is 0.247. The lowest BCUT2D eigenvalue weighted by Gasteiger charge is -2.42. The molecule has 0 aromatic carbocycles. The van der Waals surface area contributed by atoms with Gasteiger partial charge in [-0.3, -0.25) is 0 Å². The van der Waals surface area contributed by atoms with Crippen molar-refractivity contribution in [2.75, 3.05) is 5.32 Å². The van der Waals surface area contributed by atoms with E-state index in [0.29, 0.717) is 16.1 Å². The zero-order chi connectivity index (χ0) is 19.1. The Kier molecular flexibility index (Phi) is 4.66. The summed E-state index contributed by atoms with van der Waals surface area (Å²) >= 11 is 3.02. The highest BCUT2D eigenvalue weighted by Crippen LogP contribution is 2.44. The van der Waals surface area contributed by atoms with E-state index in [1.54, 1.807) is 17.5 Å². The number of aromatic nitrogens is 1. The molecule has 0 atom stereocenters. The Morgan fingerprint density at radius 1 is 1.35 bits per heavy atom. The molecule has 0 aliphatic carbocycles. The van der Waals surface area contributed by atoms with Crippen LogP contribution < -0.4 is 10.6 Å². The van der Waals surface area contributed by atoms with Gasteiger partial charge in [0.15, 0.2) is 0 Å². The second kappa shape index (κ2) is 6.51. The number of rotatable bonds is 3. The van der Waals surface area contributed by atoms with E-state index >= 15 is 0 Å². The Bertz CT molecular complexity index is 963. The zero-order valence-electron chi connectivity index (χ0n) is 15.5. The third-order valence-electron chi connectivity index (χ3n) is 4.27. The minimum Gasteiger partial charge on any atom is -0.351 e. The van der Waals surface area contributed by atoms with Crippen LogP contribution in [0, 0.1) is 29.6 Å². The van der Waals surface area contributed by atoms with Crippen molar-refractivity contribution in [1.29, 1.82) is 10.5 Å². The highest BCUT2D eigenvalue weighted by Gasteiger charge is 2.40. The van der Waals surface area contributed by atoms with Crippen molar-refractivity contribution in [3.8, 4) is 12.1 Å². The van der Waals surface area contributed by atoms with Crippen molar-refractivity contribution in [3.05, 3.63) is 38.3 Å². The van der Waals surface area contributed by atoms with Crippen LogP contribution in [0.25, 0.3) is 5.57 Å². The maximum absolute atomic E-state index is 9.75. The highest BCUT2D eigenvalue weighted by molar-refractivity contribution is 7.16. The number of hydrogen-bond donors (Lipinski definition) is 2. The van der Waals surface area contributed by atoms with Gasteiger partial charge < -0.3 is 10.6 Å². The average molecular weight is 384 g/mol. The van der Waals surface area contributed by atoms with Crippen LogP contribution in [0.3, 0.4) is 0 Å². The van der Waals surface area contributed by atoms with Gasteiger partial charge in [0.25, 0.3) is 0 Å². The fourth-order valence-corrected chi connectivity index (χ4v) is 5.46. The SMILES string of the molecule is Cc1csc(/C(C#N)=C/Nc2sc3c(c2C#N)CC(C)(C)NC3(C)C)n1. The van der Waals surface area contributed by atoms with Crippen LogP contribution in [0.1, 0.15) is 54.4 Å². The quantitative estimate of drug-likeness (QED) is 0.761. The van der Waals surface area contributed by atoms with Gasteiger partial charge in [-0.15, -0.1) is 22.7 Å². The van der Waals surface area contributed by atoms with Gasteiger partial charge in [-0.1, -0.05) is 0 Å². The number of aryl methyl sites for hydroxylation is 1. The third-order valence-corrected chi connectivity index (χ3v) is 6.75. The summed E-state index contributed by atoms with van der Waals surface area (Å²) in [6, 6.07) is 4.55. The molecular weight excluding hydrogens is 362 g/mol. The standard InChI is InChI=1S/C19H21N5S2/c1-11-10-25-16(23-11)12(7-20)9-22-17-14(8-21)13-6-18(2,3)24-19(4,5)15(13)26-17/h9-10,22,24H,6H2,1-5H3/b12-9+. The topological polar surface area (TPSA) is 84.5 Å². The van der Waals surface area contributed by atoms with E-state index in [9.17, 15) is 10.5 Å². The van der Waals surface area contributed by atoms with Gasteiger partial charge in [0.1, 0.15) is 27.7 Å². The molecule has 5 nitrogen and oxygen atoms in total. The molecule has 3 heterocycles. The van der Waals surface area contributed by atoms with Gasteiger partial charge in [-0.25, -0.2) is 4.98 Å². The molecule has 26 heavy (non-hydrogen) atoms. The molecule has 0 saturated heterocycles. The molecule has 0 amide bonds. The smallest absolute Gasteiger partial charge is 0.135 e. The summed E-state index contributed by atoms with van der Waals surface area (Å²) in [5, 5.41) is 29.4. The number of thiophene rings is 1. The van der Waals surface area contributed by atoms with Crippen molar-refractivity contribution in [2.24, 2.45) is 0 Å². The second-order valence-corrected chi connectivity index (χ2v) is 9.52. The predicted octanol–water partition coefficient (Wildman–Crippen LogP) is 4.52. The molecule has 1 aliphatic rings. The first-order valence-electron chi connectivity index (χ1n) is 8.32. The summed E-state index contributed by atoms with van der Waals surface area (Å²) in [5.74, 6) is 0. The number of fused-ring (bicyclic) bond motifs is 1. The van der Waals surface area contributed by atoms with Crippen molar-refractivity contribution >= 4 is 33.2 Å².